The van der Waals surface area contributed by atoms with Crippen molar-refractivity contribution in [3.63, 3.8) is 0 Å². The minimum absolute atomic E-state index is 0.0498. The van der Waals surface area contributed by atoms with E-state index in [1.165, 1.54) is 5.56 Å². The van der Waals surface area contributed by atoms with Crippen molar-refractivity contribution in [2.45, 2.75) is 25.9 Å². The lowest BCUT2D eigenvalue weighted by atomic mass is 9.96. The number of carbonyl (C=O) groups is 1. The molecule has 3 aromatic rings. The number of piperidine rings is 1. The molecule has 0 bridgehead atoms. The topological polar surface area (TPSA) is 63.1 Å². The van der Waals surface area contributed by atoms with E-state index in [-0.39, 0.29) is 11.8 Å². The molecule has 6 nitrogen and oxygen atoms in total. The Morgan fingerprint density at radius 3 is 2.75 bits per heavy atom. The van der Waals surface area contributed by atoms with Gasteiger partial charge in [0.25, 0.3) is 0 Å². The quantitative estimate of drug-likeness (QED) is 0.720. The molecule has 1 aliphatic rings. The molecule has 1 aliphatic heterocycles. The van der Waals surface area contributed by atoms with Gasteiger partial charge in [-0.3, -0.25) is 9.69 Å². The van der Waals surface area contributed by atoms with Gasteiger partial charge in [-0.25, -0.2) is 9.67 Å². The summed E-state index contributed by atoms with van der Waals surface area (Å²) in [7, 11) is 0. The van der Waals surface area contributed by atoms with Gasteiger partial charge in [-0.05, 0) is 42.6 Å². The number of nitrogens with one attached hydrogen (secondary N) is 1. The Morgan fingerprint density at radius 2 is 2.00 bits per heavy atom. The number of rotatable bonds is 6. The highest BCUT2D eigenvalue weighted by Crippen LogP contribution is 2.19. The third-order valence-corrected chi connectivity index (χ3v) is 5.14. The van der Waals surface area contributed by atoms with Gasteiger partial charge in [0.05, 0.1) is 5.92 Å². The Labute approximate surface area is 165 Å². The lowest BCUT2D eigenvalue weighted by Crippen LogP contribution is -2.42. The number of benzene rings is 1. The van der Waals surface area contributed by atoms with Crippen LogP contribution in [0.3, 0.4) is 0 Å². The molecular formula is C22H25N5O. The highest BCUT2D eigenvalue weighted by molar-refractivity contribution is 5.78. The summed E-state index contributed by atoms with van der Waals surface area (Å²) in [5.74, 6) is 0.951. The maximum Gasteiger partial charge on any atom is 0.224 e. The fourth-order valence-corrected chi connectivity index (χ4v) is 3.65. The molecular weight excluding hydrogens is 350 g/mol. The molecule has 144 valence electrons. The van der Waals surface area contributed by atoms with Crippen molar-refractivity contribution in [1.29, 1.82) is 0 Å². The first-order valence-corrected chi connectivity index (χ1v) is 9.77. The average molecular weight is 375 g/mol. The minimum Gasteiger partial charge on any atom is -0.352 e. The molecule has 1 atom stereocenters. The number of nitrogens with zero attached hydrogens (tertiary/aromatic N) is 4. The van der Waals surface area contributed by atoms with E-state index in [1.807, 2.05) is 30.5 Å². The summed E-state index contributed by atoms with van der Waals surface area (Å²) in [5.41, 5.74) is 2.29. The summed E-state index contributed by atoms with van der Waals surface area (Å²) in [6.07, 6.45) is 7.38. The first kappa shape index (κ1) is 18.4. The lowest BCUT2D eigenvalue weighted by molar-refractivity contribution is -0.126. The number of amides is 1. The molecule has 0 aliphatic carbocycles. The number of carbonyl (C=O) groups excluding carboxylic acids is 1. The molecule has 1 amide bonds. The number of hydrogen-bond acceptors (Lipinski definition) is 4. The molecule has 4 rings (SSSR count). The molecule has 1 N–H and O–H groups in total. The second-order valence-electron chi connectivity index (χ2n) is 7.25. The first-order valence-electron chi connectivity index (χ1n) is 9.77. The van der Waals surface area contributed by atoms with Gasteiger partial charge >= 0.3 is 0 Å². The van der Waals surface area contributed by atoms with Crippen molar-refractivity contribution in [2.24, 2.45) is 5.92 Å². The van der Waals surface area contributed by atoms with E-state index in [1.54, 1.807) is 17.1 Å². The molecule has 1 saturated heterocycles. The molecule has 3 heterocycles. The Kier molecular flexibility index (Phi) is 5.77. The minimum atomic E-state index is 0.0498. The fraction of sp³-hybridized carbons (Fsp3) is 0.318. The van der Waals surface area contributed by atoms with E-state index in [2.05, 4.69) is 44.6 Å². The van der Waals surface area contributed by atoms with Crippen LogP contribution in [0, 0.1) is 5.92 Å². The van der Waals surface area contributed by atoms with Crippen LogP contribution in [0.4, 0.5) is 0 Å². The van der Waals surface area contributed by atoms with Crippen LogP contribution in [0.15, 0.2) is 67.1 Å². The molecule has 28 heavy (non-hydrogen) atoms. The van der Waals surface area contributed by atoms with Gasteiger partial charge in [0.1, 0.15) is 0 Å². The van der Waals surface area contributed by atoms with Gasteiger partial charge < -0.3 is 5.32 Å². The zero-order valence-electron chi connectivity index (χ0n) is 15.9. The second kappa shape index (κ2) is 8.80. The number of aromatic nitrogens is 3. The number of likely N-dealkylation sites (tertiary alicyclic amines) is 1. The highest BCUT2D eigenvalue weighted by atomic mass is 16.1. The van der Waals surface area contributed by atoms with Gasteiger partial charge in [-0.15, -0.1) is 0 Å². The van der Waals surface area contributed by atoms with Crippen molar-refractivity contribution >= 4 is 5.91 Å². The van der Waals surface area contributed by atoms with E-state index in [0.717, 1.165) is 43.9 Å². The Bertz CT molecular complexity index is 877. The first-order chi connectivity index (χ1) is 13.8. The van der Waals surface area contributed by atoms with Gasteiger partial charge in [-0.1, -0.05) is 36.4 Å². The summed E-state index contributed by atoms with van der Waals surface area (Å²) < 4.78 is 1.71. The van der Waals surface area contributed by atoms with Gasteiger partial charge in [0.2, 0.25) is 5.91 Å². The van der Waals surface area contributed by atoms with E-state index in [9.17, 15) is 4.79 Å². The van der Waals surface area contributed by atoms with E-state index < -0.39 is 0 Å². The normalized spacial score (nSPS) is 17.4. The van der Waals surface area contributed by atoms with Crippen molar-refractivity contribution < 1.29 is 4.79 Å². The molecule has 0 unspecified atom stereocenters. The number of hydrogen-bond donors (Lipinski definition) is 1. The summed E-state index contributed by atoms with van der Waals surface area (Å²) >= 11 is 0. The largest absolute Gasteiger partial charge is 0.352 e. The SMILES string of the molecule is O=C(NCc1ccc(-n2cccn2)nc1)[C@@H]1CCCN(Cc2ccccc2)C1. The van der Waals surface area contributed by atoms with Crippen molar-refractivity contribution in [3.05, 3.63) is 78.2 Å². The van der Waals surface area contributed by atoms with Crippen LogP contribution < -0.4 is 5.32 Å². The molecule has 1 aromatic carbocycles. The predicted molar refractivity (Wildman–Crippen MR) is 108 cm³/mol. The predicted octanol–water partition coefficient (Wildman–Crippen LogP) is 2.80. The smallest absolute Gasteiger partial charge is 0.224 e. The molecule has 0 spiro atoms. The standard InChI is InChI=1S/C22H25N5O/c28-22(20-8-4-12-26(17-20)16-18-6-2-1-3-7-18)24-15-19-9-10-21(23-14-19)27-13-5-11-25-27/h1-3,5-7,9-11,13-14,20H,4,8,12,15-17H2,(H,24,28)/t20-/m1/s1. The summed E-state index contributed by atoms with van der Waals surface area (Å²) in [5, 5.41) is 7.25. The zero-order valence-corrected chi connectivity index (χ0v) is 15.9. The molecule has 6 heteroatoms. The van der Waals surface area contributed by atoms with Crippen molar-refractivity contribution in [1.82, 2.24) is 25.0 Å². The molecule has 1 fully saturated rings. The lowest BCUT2D eigenvalue weighted by Gasteiger charge is -2.32. The van der Waals surface area contributed by atoms with E-state index >= 15 is 0 Å². The van der Waals surface area contributed by atoms with Crippen LogP contribution in [0.25, 0.3) is 5.82 Å². The second-order valence-corrected chi connectivity index (χ2v) is 7.25. The van der Waals surface area contributed by atoms with Gasteiger partial charge in [-0.2, -0.15) is 5.10 Å². The Hall–Kier alpha value is -2.99. The Balaban J connectivity index is 1.28. The summed E-state index contributed by atoms with van der Waals surface area (Å²) in [4.78, 5) is 19.4. The third-order valence-electron chi connectivity index (χ3n) is 5.14. The van der Waals surface area contributed by atoms with Crippen LogP contribution in [0.1, 0.15) is 24.0 Å². The average Bonchev–Trinajstić information content (AvgIpc) is 3.28. The number of pyridine rings is 1. The Morgan fingerprint density at radius 1 is 1.11 bits per heavy atom. The maximum absolute atomic E-state index is 12.7. The van der Waals surface area contributed by atoms with Crippen LogP contribution in [-0.2, 0) is 17.9 Å². The van der Waals surface area contributed by atoms with E-state index in [0.29, 0.717) is 6.54 Å². The van der Waals surface area contributed by atoms with Crippen LogP contribution in [0.2, 0.25) is 0 Å². The van der Waals surface area contributed by atoms with Gasteiger partial charge in [0, 0.05) is 38.2 Å². The zero-order chi connectivity index (χ0) is 19.2. The molecule has 0 radical (unpaired) electrons. The molecule has 2 aromatic heterocycles. The van der Waals surface area contributed by atoms with Crippen molar-refractivity contribution in [3.8, 4) is 5.82 Å². The summed E-state index contributed by atoms with van der Waals surface area (Å²) in [6.45, 7) is 3.28. The van der Waals surface area contributed by atoms with Crippen LogP contribution in [0.5, 0.6) is 0 Å². The summed E-state index contributed by atoms with van der Waals surface area (Å²) in [6, 6.07) is 16.2. The monoisotopic (exact) mass is 375 g/mol. The molecule has 0 saturated carbocycles. The van der Waals surface area contributed by atoms with Gasteiger partial charge in [0.15, 0.2) is 5.82 Å². The maximum atomic E-state index is 12.7. The fourth-order valence-electron chi connectivity index (χ4n) is 3.65. The highest BCUT2D eigenvalue weighted by Gasteiger charge is 2.25. The van der Waals surface area contributed by atoms with Crippen molar-refractivity contribution in [2.75, 3.05) is 13.1 Å². The van der Waals surface area contributed by atoms with Crippen LogP contribution >= 0.6 is 0 Å². The third kappa shape index (κ3) is 4.64. The van der Waals surface area contributed by atoms with E-state index in [4.69, 9.17) is 0 Å². The van der Waals surface area contributed by atoms with Crippen LogP contribution in [-0.4, -0.2) is 38.7 Å².